The summed E-state index contributed by atoms with van der Waals surface area (Å²) in [6, 6.07) is 0. The molecule has 1 atom stereocenters. The average Bonchev–Trinajstić information content (AvgIpc) is 2.40. The number of rotatable bonds is 2. The van der Waals surface area contributed by atoms with Gasteiger partial charge in [0.1, 0.15) is 4.38 Å². The molecule has 1 heterocycles. The van der Waals surface area contributed by atoms with E-state index in [1.165, 1.54) is 4.38 Å². The second kappa shape index (κ2) is 4.26. The molecule has 0 fully saturated rings. The summed E-state index contributed by atoms with van der Waals surface area (Å²) in [5, 5.41) is 0.518. The Labute approximate surface area is 70.0 Å². The van der Waals surface area contributed by atoms with E-state index in [1.54, 1.807) is 11.8 Å². The SMILES string of the molecule is C[C@H](CN)SC1=NCCS1. The van der Waals surface area contributed by atoms with Gasteiger partial charge in [-0.2, -0.15) is 0 Å². The van der Waals surface area contributed by atoms with Crippen LogP contribution >= 0.6 is 23.5 Å². The van der Waals surface area contributed by atoms with Gasteiger partial charge in [0.15, 0.2) is 0 Å². The lowest BCUT2D eigenvalue weighted by molar-refractivity contribution is 0.957. The largest absolute Gasteiger partial charge is 0.329 e. The molecule has 0 amide bonds. The van der Waals surface area contributed by atoms with Crippen LogP contribution in [-0.2, 0) is 0 Å². The van der Waals surface area contributed by atoms with Gasteiger partial charge in [-0.3, -0.25) is 4.99 Å². The van der Waals surface area contributed by atoms with Crippen LogP contribution in [0.4, 0.5) is 0 Å². The number of thioether (sulfide) groups is 2. The van der Waals surface area contributed by atoms with Crippen molar-refractivity contribution in [2.45, 2.75) is 12.2 Å². The molecule has 4 heteroatoms. The second-order valence-electron chi connectivity index (χ2n) is 2.16. The van der Waals surface area contributed by atoms with Gasteiger partial charge in [-0.1, -0.05) is 30.4 Å². The molecule has 10 heavy (non-hydrogen) atoms. The fraction of sp³-hybridized carbons (Fsp3) is 0.833. The minimum atomic E-state index is 0.518. The third-order valence-corrected chi connectivity index (χ3v) is 3.52. The molecule has 0 radical (unpaired) electrons. The summed E-state index contributed by atoms with van der Waals surface area (Å²) in [6.45, 7) is 3.86. The lowest BCUT2D eigenvalue weighted by Crippen LogP contribution is -2.13. The number of nitrogens with zero attached hydrogens (tertiary/aromatic N) is 1. The van der Waals surface area contributed by atoms with E-state index in [1.807, 2.05) is 11.8 Å². The first-order valence-electron chi connectivity index (χ1n) is 3.37. The van der Waals surface area contributed by atoms with E-state index >= 15 is 0 Å². The Bertz CT molecular complexity index is 136. The quantitative estimate of drug-likeness (QED) is 0.686. The smallest absolute Gasteiger partial charge is 0.124 e. The molecule has 0 unspecified atom stereocenters. The first kappa shape index (κ1) is 8.43. The van der Waals surface area contributed by atoms with E-state index in [-0.39, 0.29) is 0 Å². The monoisotopic (exact) mass is 176 g/mol. The van der Waals surface area contributed by atoms with Gasteiger partial charge in [0.05, 0.1) is 6.54 Å². The molecular weight excluding hydrogens is 164 g/mol. The lowest BCUT2D eigenvalue weighted by Gasteiger charge is -2.05. The number of hydrogen-bond acceptors (Lipinski definition) is 4. The molecule has 0 aromatic carbocycles. The Hall–Kier alpha value is 0.330. The molecular formula is C6H12N2S2. The maximum atomic E-state index is 5.47. The Morgan fingerprint density at radius 2 is 2.70 bits per heavy atom. The van der Waals surface area contributed by atoms with Crippen molar-refractivity contribution in [2.24, 2.45) is 10.7 Å². The van der Waals surface area contributed by atoms with Crippen LogP contribution in [0.25, 0.3) is 0 Å². The third kappa shape index (κ3) is 2.52. The van der Waals surface area contributed by atoms with Crippen molar-refractivity contribution in [3.63, 3.8) is 0 Å². The highest BCUT2D eigenvalue weighted by molar-refractivity contribution is 8.39. The molecule has 0 spiro atoms. The van der Waals surface area contributed by atoms with Crippen LogP contribution in [0, 0.1) is 0 Å². The summed E-state index contributed by atoms with van der Waals surface area (Å²) < 4.78 is 1.22. The number of nitrogens with two attached hydrogens (primary N) is 1. The van der Waals surface area contributed by atoms with Crippen molar-refractivity contribution in [1.29, 1.82) is 0 Å². The van der Waals surface area contributed by atoms with E-state index in [0.29, 0.717) is 5.25 Å². The molecule has 0 aliphatic carbocycles. The van der Waals surface area contributed by atoms with Gasteiger partial charge >= 0.3 is 0 Å². The third-order valence-electron chi connectivity index (χ3n) is 1.19. The Balaban J connectivity index is 2.23. The van der Waals surface area contributed by atoms with Gasteiger partial charge < -0.3 is 5.73 Å². The summed E-state index contributed by atoms with van der Waals surface area (Å²) >= 11 is 3.64. The van der Waals surface area contributed by atoms with Gasteiger partial charge in [-0.15, -0.1) is 0 Å². The van der Waals surface area contributed by atoms with Crippen molar-refractivity contribution in [3.05, 3.63) is 0 Å². The van der Waals surface area contributed by atoms with Crippen LogP contribution < -0.4 is 5.73 Å². The van der Waals surface area contributed by atoms with Crippen molar-refractivity contribution in [1.82, 2.24) is 0 Å². The summed E-state index contributed by atoms with van der Waals surface area (Å²) in [5.74, 6) is 1.15. The standard InChI is InChI=1S/C6H12N2S2/c1-5(4-7)10-6-8-2-3-9-6/h5H,2-4,7H2,1H3/t5-/m1/s1. The van der Waals surface area contributed by atoms with Crippen molar-refractivity contribution in [2.75, 3.05) is 18.8 Å². The van der Waals surface area contributed by atoms with Gasteiger partial charge in [0.2, 0.25) is 0 Å². The Kier molecular flexibility index (Phi) is 3.59. The zero-order chi connectivity index (χ0) is 7.40. The highest BCUT2D eigenvalue weighted by Gasteiger charge is 2.10. The first-order valence-corrected chi connectivity index (χ1v) is 5.23. The molecule has 2 nitrogen and oxygen atoms in total. The fourth-order valence-corrected chi connectivity index (χ4v) is 2.77. The number of hydrogen-bond donors (Lipinski definition) is 1. The molecule has 0 saturated heterocycles. The van der Waals surface area contributed by atoms with Gasteiger partial charge in [-0.25, -0.2) is 0 Å². The highest BCUT2D eigenvalue weighted by Crippen LogP contribution is 2.24. The molecule has 58 valence electrons. The molecule has 1 rings (SSSR count). The van der Waals surface area contributed by atoms with Crippen LogP contribution in [0.5, 0.6) is 0 Å². The Morgan fingerprint density at radius 1 is 1.90 bits per heavy atom. The topological polar surface area (TPSA) is 38.4 Å². The zero-order valence-corrected chi connectivity index (χ0v) is 7.67. The summed E-state index contributed by atoms with van der Waals surface area (Å²) in [5.41, 5.74) is 5.47. The van der Waals surface area contributed by atoms with E-state index in [2.05, 4.69) is 11.9 Å². The molecule has 2 N–H and O–H groups in total. The van der Waals surface area contributed by atoms with Gasteiger partial charge in [0, 0.05) is 17.5 Å². The molecule has 0 saturated carbocycles. The fourth-order valence-electron chi connectivity index (χ4n) is 0.607. The van der Waals surface area contributed by atoms with Gasteiger partial charge in [0.25, 0.3) is 0 Å². The second-order valence-corrected chi connectivity index (χ2v) is 4.93. The predicted octanol–water partition coefficient (Wildman–Crippen LogP) is 1.17. The van der Waals surface area contributed by atoms with E-state index < -0.39 is 0 Å². The maximum Gasteiger partial charge on any atom is 0.124 e. The molecule has 0 aromatic heterocycles. The first-order chi connectivity index (χ1) is 4.83. The van der Waals surface area contributed by atoms with Crippen LogP contribution in [0.15, 0.2) is 4.99 Å². The van der Waals surface area contributed by atoms with Crippen molar-refractivity contribution < 1.29 is 0 Å². The predicted molar refractivity (Wildman–Crippen MR) is 50.9 cm³/mol. The molecule has 1 aliphatic heterocycles. The van der Waals surface area contributed by atoms with Crippen LogP contribution in [0.2, 0.25) is 0 Å². The average molecular weight is 176 g/mol. The number of aliphatic imine (C=N–C) groups is 1. The lowest BCUT2D eigenvalue weighted by atomic mass is 10.5. The summed E-state index contributed by atoms with van der Waals surface area (Å²) in [4.78, 5) is 4.31. The van der Waals surface area contributed by atoms with E-state index in [4.69, 9.17) is 5.73 Å². The van der Waals surface area contributed by atoms with Gasteiger partial charge in [-0.05, 0) is 0 Å². The highest BCUT2D eigenvalue weighted by atomic mass is 32.2. The summed E-state index contributed by atoms with van der Waals surface area (Å²) in [6.07, 6.45) is 0. The molecule has 1 aliphatic rings. The van der Waals surface area contributed by atoms with Crippen LogP contribution in [0.1, 0.15) is 6.92 Å². The van der Waals surface area contributed by atoms with Crippen molar-refractivity contribution in [3.8, 4) is 0 Å². The Morgan fingerprint density at radius 3 is 3.20 bits per heavy atom. The van der Waals surface area contributed by atoms with Crippen LogP contribution in [-0.4, -0.2) is 28.5 Å². The molecule has 0 bridgehead atoms. The minimum absolute atomic E-state index is 0.518. The van der Waals surface area contributed by atoms with E-state index in [9.17, 15) is 0 Å². The maximum absolute atomic E-state index is 5.47. The normalized spacial score (nSPS) is 20.8. The van der Waals surface area contributed by atoms with Crippen LogP contribution in [0.3, 0.4) is 0 Å². The summed E-state index contributed by atoms with van der Waals surface area (Å²) in [7, 11) is 0. The van der Waals surface area contributed by atoms with E-state index in [0.717, 1.165) is 18.8 Å². The van der Waals surface area contributed by atoms with Crippen molar-refractivity contribution >= 4 is 27.9 Å². The zero-order valence-electron chi connectivity index (χ0n) is 6.04. The minimum Gasteiger partial charge on any atom is -0.329 e. The molecule has 0 aromatic rings.